The van der Waals surface area contributed by atoms with Crippen molar-refractivity contribution >= 4 is 0 Å². The number of hydrogen-bond acceptors (Lipinski definition) is 2. The lowest BCUT2D eigenvalue weighted by molar-refractivity contribution is 0.665. The van der Waals surface area contributed by atoms with Crippen LogP contribution in [-0.4, -0.2) is 16.3 Å². The van der Waals surface area contributed by atoms with Crippen LogP contribution in [0, 0.1) is 6.92 Å². The zero-order chi connectivity index (χ0) is 12.1. The van der Waals surface area contributed by atoms with Gasteiger partial charge in [0.2, 0.25) is 0 Å². The first kappa shape index (κ1) is 11.9. The van der Waals surface area contributed by atoms with Crippen molar-refractivity contribution in [3.8, 4) is 0 Å². The summed E-state index contributed by atoms with van der Waals surface area (Å²) in [7, 11) is 1.95. The standard InChI is InChI=1S/C14H19N3/c1-12-4-3-5-13(10-12)11-15-8-6-14-7-9-17(2)16-14/h3-5,7,9-10,15H,6,8,11H2,1-2H3. The van der Waals surface area contributed by atoms with Gasteiger partial charge in [0.25, 0.3) is 0 Å². The fraction of sp³-hybridized carbons (Fsp3) is 0.357. The molecule has 0 saturated heterocycles. The second kappa shape index (κ2) is 5.64. The van der Waals surface area contributed by atoms with Crippen molar-refractivity contribution in [3.63, 3.8) is 0 Å². The summed E-state index contributed by atoms with van der Waals surface area (Å²) in [4.78, 5) is 0. The quantitative estimate of drug-likeness (QED) is 0.795. The minimum Gasteiger partial charge on any atom is -0.312 e. The van der Waals surface area contributed by atoms with Gasteiger partial charge in [-0.2, -0.15) is 5.10 Å². The highest BCUT2D eigenvalue weighted by molar-refractivity contribution is 5.21. The number of nitrogens with zero attached hydrogens (tertiary/aromatic N) is 2. The van der Waals surface area contributed by atoms with Crippen LogP contribution in [-0.2, 0) is 20.0 Å². The average molecular weight is 229 g/mol. The van der Waals surface area contributed by atoms with Crippen LogP contribution in [0.4, 0.5) is 0 Å². The Hall–Kier alpha value is -1.61. The van der Waals surface area contributed by atoms with Crippen LogP contribution in [0.25, 0.3) is 0 Å². The second-order valence-electron chi connectivity index (χ2n) is 4.40. The maximum Gasteiger partial charge on any atom is 0.0637 e. The van der Waals surface area contributed by atoms with Gasteiger partial charge >= 0.3 is 0 Å². The molecule has 0 amide bonds. The minimum absolute atomic E-state index is 0.925. The molecule has 0 atom stereocenters. The lowest BCUT2D eigenvalue weighted by Gasteiger charge is -2.04. The summed E-state index contributed by atoms with van der Waals surface area (Å²) in [5.74, 6) is 0. The molecule has 1 aromatic heterocycles. The van der Waals surface area contributed by atoms with E-state index in [2.05, 4.69) is 47.7 Å². The molecular weight excluding hydrogens is 210 g/mol. The summed E-state index contributed by atoms with van der Waals surface area (Å²) in [6.07, 6.45) is 2.96. The third-order valence-corrected chi connectivity index (χ3v) is 2.74. The van der Waals surface area contributed by atoms with Gasteiger partial charge in [-0.1, -0.05) is 29.8 Å². The van der Waals surface area contributed by atoms with Gasteiger partial charge < -0.3 is 5.32 Å². The van der Waals surface area contributed by atoms with Crippen LogP contribution in [0.15, 0.2) is 36.5 Å². The molecule has 2 aromatic rings. The maximum atomic E-state index is 4.35. The van der Waals surface area contributed by atoms with Crippen molar-refractivity contribution in [2.45, 2.75) is 19.9 Å². The maximum absolute atomic E-state index is 4.35. The molecule has 1 aromatic carbocycles. The molecular formula is C14H19N3. The van der Waals surface area contributed by atoms with Gasteiger partial charge in [0.1, 0.15) is 0 Å². The van der Waals surface area contributed by atoms with Crippen molar-refractivity contribution in [2.24, 2.45) is 7.05 Å². The van der Waals surface area contributed by atoms with E-state index in [-0.39, 0.29) is 0 Å². The normalized spacial score (nSPS) is 10.7. The third kappa shape index (κ3) is 3.71. The Kier molecular flexibility index (Phi) is 3.94. The molecule has 3 nitrogen and oxygen atoms in total. The molecule has 0 fully saturated rings. The average Bonchev–Trinajstić information content (AvgIpc) is 2.71. The van der Waals surface area contributed by atoms with E-state index in [4.69, 9.17) is 0 Å². The van der Waals surface area contributed by atoms with Gasteiger partial charge in [0.15, 0.2) is 0 Å². The molecule has 0 aliphatic carbocycles. The molecule has 3 heteroatoms. The monoisotopic (exact) mass is 229 g/mol. The second-order valence-corrected chi connectivity index (χ2v) is 4.40. The van der Waals surface area contributed by atoms with Crippen LogP contribution in [0.1, 0.15) is 16.8 Å². The van der Waals surface area contributed by atoms with E-state index < -0.39 is 0 Å². The number of benzene rings is 1. The van der Waals surface area contributed by atoms with Crippen LogP contribution in [0.5, 0.6) is 0 Å². The van der Waals surface area contributed by atoms with E-state index >= 15 is 0 Å². The van der Waals surface area contributed by atoms with E-state index in [0.717, 1.165) is 25.2 Å². The predicted octanol–water partition coefficient (Wildman–Crippen LogP) is 2.06. The fourth-order valence-corrected chi connectivity index (χ4v) is 1.87. The number of hydrogen-bond donors (Lipinski definition) is 1. The molecule has 1 N–H and O–H groups in total. The van der Waals surface area contributed by atoms with Gasteiger partial charge in [0.05, 0.1) is 5.69 Å². The van der Waals surface area contributed by atoms with E-state index in [1.165, 1.54) is 11.1 Å². The largest absolute Gasteiger partial charge is 0.312 e. The van der Waals surface area contributed by atoms with Gasteiger partial charge in [-0.15, -0.1) is 0 Å². The van der Waals surface area contributed by atoms with Crippen LogP contribution in [0.3, 0.4) is 0 Å². The van der Waals surface area contributed by atoms with Gasteiger partial charge in [0, 0.05) is 32.8 Å². The smallest absolute Gasteiger partial charge is 0.0637 e. The Morgan fingerprint density at radius 1 is 1.29 bits per heavy atom. The molecule has 2 rings (SSSR count). The summed E-state index contributed by atoms with van der Waals surface area (Å²) in [6.45, 7) is 4.01. The third-order valence-electron chi connectivity index (χ3n) is 2.74. The van der Waals surface area contributed by atoms with Crippen LogP contribution >= 0.6 is 0 Å². The number of aromatic nitrogens is 2. The zero-order valence-corrected chi connectivity index (χ0v) is 10.5. The van der Waals surface area contributed by atoms with E-state index in [1.54, 1.807) is 0 Å². The van der Waals surface area contributed by atoms with Crippen molar-refractivity contribution in [2.75, 3.05) is 6.54 Å². The van der Waals surface area contributed by atoms with Crippen LogP contribution < -0.4 is 5.32 Å². The highest BCUT2D eigenvalue weighted by Gasteiger charge is 1.97. The van der Waals surface area contributed by atoms with Crippen molar-refractivity contribution in [1.82, 2.24) is 15.1 Å². The number of nitrogens with one attached hydrogen (secondary N) is 1. The van der Waals surface area contributed by atoms with E-state index in [9.17, 15) is 0 Å². The summed E-state index contributed by atoms with van der Waals surface area (Å²) in [6, 6.07) is 10.7. The Morgan fingerprint density at radius 3 is 2.88 bits per heavy atom. The summed E-state index contributed by atoms with van der Waals surface area (Å²) < 4.78 is 1.84. The fourth-order valence-electron chi connectivity index (χ4n) is 1.87. The Morgan fingerprint density at radius 2 is 2.18 bits per heavy atom. The first-order valence-corrected chi connectivity index (χ1v) is 5.99. The molecule has 90 valence electrons. The number of rotatable bonds is 5. The van der Waals surface area contributed by atoms with E-state index in [1.807, 2.05) is 17.9 Å². The molecule has 1 heterocycles. The van der Waals surface area contributed by atoms with Gasteiger partial charge in [-0.3, -0.25) is 4.68 Å². The number of aryl methyl sites for hydroxylation is 2. The molecule has 0 saturated carbocycles. The minimum atomic E-state index is 0.925. The van der Waals surface area contributed by atoms with Gasteiger partial charge in [-0.25, -0.2) is 0 Å². The molecule has 0 spiro atoms. The zero-order valence-electron chi connectivity index (χ0n) is 10.5. The Labute approximate surface area is 102 Å². The molecule has 0 bridgehead atoms. The highest BCUT2D eigenvalue weighted by Crippen LogP contribution is 2.03. The SMILES string of the molecule is Cc1cccc(CNCCc2ccn(C)n2)c1. The van der Waals surface area contributed by atoms with E-state index in [0.29, 0.717) is 0 Å². The molecule has 17 heavy (non-hydrogen) atoms. The summed E-state index contributed by atoms with van der Waals surface area (Å²) in [5.41, 5.74) is 3.80. The lowest BCUT2D eigenvalue weighted by atomic mass is 10.1. The van der Waals surface area contributed by atoms with Crippen molar-refractivity contribution in [3.05, 3.63) is 53.3 Å². The first-order chi connectivity index (χ1) is 8.24. The molecule has 0 unspecified atom stereocenters. The van der Waals surface area contributed by atoms with Crippen LogP contribution in [0.2, 0.25) is 0 Å². The predicted molar refractivity (Wildman–Crippen MR) is 69.8 cm³/mol. The topological polar surface area (TPSA) is 29.9 Å². The highest BCUT2D eigenvalue weighted by atomic mass is 15.2. The van der Waals surface area contributed by atoms with Crippen molar-refractivity contribution < 1.29 is 0 Å². The summed E-state index contributed by atoms with van der Waals surface area (Å²) in [5, 5.41) is 7.78. The molecule has 0 aliphatic heterocycles. The Balaban J connectivity index is 1.73. The molecule has 0 radical (unpaired) electrons. The first-order valence-electron chi connectivity index (χ1n) is 5.99. The van der Waals surface area contributed by atoms with Gasteiger partial charge in [-0.05, 0) is 18.6 Å². The summed E-state index contributed by atoms with van der Waals surface area (Å²) >= 11 is 0. The molecule has 0 aliphatic rings. The Bertz CT molecular complexity index is 474. The lowest BCUT2D eigenvalue weighted by Crippen LogP contribution is -2.17. The van der Waals surface area contributed by atoms with Crippen molar-refractivity contribution in [1.29, 1.82) is 0 Å².